The molecule has 0 bridgehead atoms. The number of carboxylic acid groups (broad SMARTS) is 1. The highest BCUT2D eigenvalue weighted by Crippen LogP contribution is 2.34. The van der Waals surface area contributed by atoms with Gasteiger partial charge in [-0.2, -0.15) is 0 Å². The largest absolute Gasteiger partial charge is 0.486 e. The van der Waals surface area contributed by atoms with Gasteiger partial charge in [0.15, 0.2) is 0 Å². The second-order valence-electron chi connectivity index (χ2n) is 6.04. The monoisotopic (exact) mass is 354 g/mol. The van der Waals surface area contributed by atoms with Gasteiger partial charge in [0.05, 0.1) is 6.57 Å². The fourth-order valence-corrected chi connectivity index (χ4v) is 2.74. The Morgan fingerprint density at radius 2 is 1.41 bits per heavy atom. The average Bonchev–Trinajstić information content (AvgIpc) is 2.69. The van der Waals surface area contributed by atoms with Crippen molar-refractivity contribution < 1.29 is 9.90 Å². The molecule has 0 atom stereocenters. The van der Waals surface area contributed by atoms with Crippen molar-refractivity contribution in [3.8, 4) is 0 Å². The predicted molar refractivity (Wildman–Crippen MR) is 108 cm³/mol. The molecule has 0 aliphatic rings. The number of rotatable bonds is 5. The number of aliphatic carboxylic acids is 1. The van der Waals surface area contributed by atoms with Gasteiger partial charge >= 0.3 is 5.97 Å². The molecule has 0 heterocycles. The first-order valence-corrected chi connectivity index (χ1v) is 8.43. The molecule has 0 aromatic heterocycles. The van der Waals surface area contributed by atoms with E-state index in [9.17, 15) is 4.79 Å². The maximum absolute atomic E-state index is 11.0. The second-order valence-corrected chi connectivity index (χ2v) is 6.04. The standard InChI is InChI=1S/C23H18N2O2/c1-17-8-12-20(13-9-17)25(19-6-4-3-5-7-19)21-14-10-18(11-15-21)16-22(24-2)23(26)27/h3-16H,1H3,(H,26,27)/b22-16+. The topological polar surface area (TPSA) is 44.9 Å². The molecular weight excluding hydrogens is 336 g/mol. The number of nitrogens with zero attached hydrogens (tertiary/aromatic N) is 2. The van der Waals surface area contributed by atoms with Crippen LogP contribution in [0.1, 0.15) is 11.1 Å². The number of anilines is 3. The lowest BCUT2D eigenvalue weighted by Crippen LogP contribution is -2.09. The Kier molecular flexibility index (Phi) is 5.34. The van der Waals surface area contributed by atoms with Gasteiger partial charge in [0.1, 0.15) is 0 Å². The van der Waals surface area contributed by atoms with Crippen LogP contribution in [0.15, 0.2) is 84.6 Å². The maximum atomic E-state index is 11.0. The molecule has 27 heavy (non-hydrogen) atoms. The lowest BCUT2D eigenvalue weighted by atomic mass is 10.1. The molecule has 0 aliphatic heterocycles. The Bertz CT molecular complexity index is 999. The lowest BCUT2D eigenvalue weighted by molar-refractivity contribution is -0.132. The van der Waals surface area contributed by atoms with Gasteiger partial charge in [0.2, 0.25) is 0 Å². The van der Waals surface area contributed by atoms with Crippen molar-refractivity contribution in [2.45, 2.75) is 6.92 Å². The van der Waals surface area contributed by atoms with Gasteiger partial charge in [0, 0.05) is 17.1 Å². The zero-order chi connectivity index (χ0) is 19.2. The normalized spacial score (nSPS) is 10.9. The van der Waals surface area contributed by atoms with E-state index >= 15 is 0 Å². The first kappa shape index (κ1) is 18.0. The number of hydrogen-bond donors (Lipinski definition) is 1. The molecule has 4 nitrogen and oxygen atoms in total. The summed E-state index contributed by atoms with van der Waals surface area (Å²) in [6.07, 6.45) is 1.37. The van der Waals surface area contributed by atoms with Crippen LogP contribution in [0.2, 0.25) is 0 Å². The van der Waals surface area contributed by atoms with Crippen LogP contribution in [0.5, 0.6) is 0 Å². The SMILES string of the molecule is [C-]#[N+]/C(=C/c1ccc(N(c2ccccc2)c2ccc(C)cc2)cc1)C(=O)O. The Balaban J connectivity index is 2.02. The third-order valence-corrected chi connectivity index (χ3v) is 4.10. The summed E-state index contributed by atoms with van der Waals surface area (Å²) >= 11 is 0. The summed E-state index contributed by atoms with van der Waals surface area (Å²) in [5.74, 6) is -1.22. The first-order chi connectivity index (χ1) is 13.1. The van der Waals surface area contributed by atoms with Gasteiger partial charge in [-0.15, -0.1) is 0 Å². The van der Waals surface area contributed by atoms with Gasteiger partial charge in [-0.25, -0.2) is 4.85 Å². The molecule has 0 aliphatic carbocycles. The maximum Gasteiger partial charge on any atom is 0.333 e. The molecule has 4 heteroatoms. The van der Waals surface area contributed by atoms with E-state index in [0.717, 1.165) is 17.1 Å². The van der Waals surface area contributed by atoms with Crippen LogP contribution >= 0.6 is 0 Å². The Hall–Kier alpha value is -3.84. The number of aryl methyl sites for hydroxylation is 1. The minimum Gasteiger partial charge on any atom is -0.486 e. The van der Waals surface area contributed by atoms with E-state index in [0.29, 0.717) is 5.56 Å². The lowest BCUT2D eigenvalue weighted by Gasteiger charge is -2.25. The highest BCUT2D eigenvalue weighted by Gasteiger charge is 2.12. The van der Waals surface area contributed by atoms with Crippen molar-refractivity contribution in [1.29, 1.82) is 0 Å². The van der Waals surface area contributed by atoms with Gasteiger partial charge in [-0.3, -0.25) is 4.79 Å². The Morgan fingerprint density at radius 1 is 0.889 bits per heavy atom. The van der Waals surface area contributed by atoms with E-state index in [-0.39, 0.29) is 5.70 Å². The fourth-order valence-electron chi connectivity index (χ4n) is 2.74. The second kappa shape index (κ2) is 8.03. The van der Waals surface area contributed by atoms with Crippen molar-refractivity contribution in [3.63, 3.8) is 0 Å². The first-order valence-electron chi connectivity index (χ1n) is 8.43. The summed E-state index contributed by atoms with van der Waals surface area (Å²) in [5.41, 5.74) is 4.55. The molecule has 3 aromatic carbocycles. The molecule has 0 radical (unpaired) electrons. The van der Waals surface area contributed by atoms with Crippen LogP contribution in [0.25, 0.3) is 10.9 Å². The summed E-state index contributed by atoms with van der Waals surface area (Å²) in [4.78, 5) is 16.2. The summed E-state index contributed by atoms with van der Waals surface area (Å²) in [5, 5.41) is 9.01. The van der Waals surface area contributed by atoms with Crippen LogP contribution in [-0.4, -0.2) is 11.1 Å². The number of benzene rings is 3. The van der Waals surface area contributed by atoms with Gasteiger partial charge in [0.25, 0.3) is 5.70 Å². The molecule has 0 spiro atoms. The molecule has 3 aromatic rings. The number of carbonyl (C=O) groups is 1. The van der Waals surface area contributed by atoms with Crippen molar-refractivity contribution in [2.24, 2.45) is 0 Å². The van der Waals surface area contributed by atoms with E-state index in [1.54, 1.807) is 0 Å². The smallest absolute Gasteiger partial charge is 0.333 e. The number of hydrogen-bond acceptors (Lipinski definition) is 2. The number of para-hydroxylation sites is 1. The third-order valence-electron chi connectivity index (χ3n) is 4.10. The van der Waals surface area contributed by atoms with Crippen LogP contribution < -0.4 is 4.90 Å². The highest BCUT2D eigenvalue weighted by molar-refractivity contribution is 5.94. The highest BCUT2D eigenvalue weighted by atomic mass is 16.4. The van der Waals surface area contributed by atoms with Crippen molar-refractivity contribution in [2.75, 3.05) is 4.90 Å². The van der Waals surface area contributed by atoms with Crippen LogP contribution in [0.3, 0.4) is 0 Å². The zero-order valence-corrected chi connectivity index (χ0v) is 14.8. The Labute approximate surface area is 158 Å². The molecule has 1 N–H and O–H groups in total. The van der Waals surface area contributed by atoms with E-state index in [4.69, 9.17) is 11.7 Å². The molecule has 0 unspecified atom stereocenters. The van der Waals surface area contributed by atoms with E-state index in [1.165, 1.54) is 11.6 Å². The van der Waals surface area contributed by atoms with Crippen LogP contribution in [-0.2, 0) is 4.79 Å². The van der Waals surface area contributed by atoms with E-state index in [2.05, 4.69) is 40.9 Å². The molecule has 0 fully saturated rings. The van der Waals surface area contributed by atoms with Crippen molar-refractivity contribution in [1.82, 2.24) is 0 Å². The quantitative estimate of drug-likeness (QED) is 0.464. The molecule has 3 rings (SSSR count). The average molecular weight is 354 g/mol. The molecule has 132 valence electrons. The Morgan fingerprint density at radius 3 is 1.93 bits per heavy atom. The molecule has 0 saturated carbocycles. The van der Waals surface area contributed by atoms with Crippen LogP contribution in [0.4, 0.5) is 17.1 Å². The molecule has 0 amide bonds. The summed E-state index contributed by atoms with van der Waals surface area (Å²) in [7, 11) is 0. The summed E-state index contributed by atoms with van der Waals surface area (Å²) < 4.78 is 0. The van der Waals surface area contributed by atoms with Crippen molar-refractivity contribution >= 4 is 29.1 Å². The van der Waals surface area contributed by atoms with Gasteiger partial charge < -0.3 is 10.0 Å². The number of carboxylic acids is 1. The molecule has 0 saturated heterocycles. The minimum atomic E-state index is -1.22. The zero-order valence-electron chi connectivity index (χ0n) is 14.8. The third kappa shape index (κ3) is 4.23. The molecular formula is C23H18N2O2. The van der Waals surface area contributed by atoms with E-state index < -0.39 is 5.97 Å². The van der Waals surface area contributed by atoms with E-state index in [1.807, 2.05) is 54.6 Å². The van der Waals surface area contributed by atoms with Crippen molar-refractivity contribution in [3.05, 3.63) is 107 Å². The van der Waals surface area contributed by atoms with Gasteiger partial charge in [-0.05, 0) is 55.0 Å². The fraction of sp³-hybridized carbons (Fsp3) is 0.0435. The van der Waals surface area contributed by atoms with Gasteiger partial charge in [-0.1, -0.05) is 48.0 Å². The summed E-state index contributed by atoms with van der Waals surface area (Å²) in [6, 6.07) is 25.8. The predicted octanol–water partition coefficient (Wildman–Crippen LogP) is 5.81. The minimum absolute atomic E-state index is 0.304. The summed E-state index contributed by atoms with van der Waals surface area (Å²) in [6.45, 7) is 9.01. The van der Waals surface area contributed by atoms with Crippen LogP contribution in [0, 0.1) is 13.5 Å².